The lowest BCUT2D eigenvalue weighted by Gasteiger charge is -2.10. The third-order valence-corrected chi connectivity index (χ3v) is 3.19. The summed E-state index contributed by atoms with van der Waals surface area (Å²) in [6, 6.07) is 10.1. The molecule has 5 heteroatoms. The van der Waals surface area contributed by atoms with Crippen molar-refractivity contribution in [3.63, 3.8) is 0 Å². The van der Waals surface area contributed by atoms with Crippen LogP contribution in [0.3, 0.4) is 0 Å². The van der Waals surface area contributed by atoms with Crippen LogP contribution in [0.25, 0.3) is 0 Å². The summed E-state index contributed by atoms with van der Waals surface area (Å²) >= 11 is 11.9. The van der Waals surface area contributed by atoms with Crippen LogP contribution in [0, 0.1) is 6.92 Å². The van der Waals surface area contributed by atoms with E-state index in [1.807, 2.05) is 13.0 Å². The fraction of sp³-hybridized carbons (Fsp3) is 0.0714. The minimum absolute atomic E-state index is 0.314. The molecule has 2 rings (SSSR count). The molecule has 0 spiro atoms. The summed E-state index contributed by atoms with van der Waals surface area (Å²) in [6.45, 7) is 1.89. The molecule has 0 unspecified atom stereocenters. The zero-order valence-corrected chi connectivity index (χ0v) is 11.7. The van der Waals surface area contributed by atoms with Crippen LogP contribution in [-0.4, -0.2) is 5.91 Å². The van der Waals surface area contributed by atoms with Gasteiger partial charge in [0.25, 0.3) is 5.91 Å². The Morgan fingerprint density at radius 3 is 2.63 bits per heavy atom. The van der Waals surface area contributed by atoms with Crippen molar-refractivity contribution in [2.75, 3.05) is 11.1 Å². The Balaban J connectivity index is 2.30. The molecule has 19 heavy (non-hydrogen) atoms. The van der Waals surface area contributed by atoms with Gasteiger partial charge in [-0.1, -0.05) is 34.8 Å². The number of halogens is 2. The third-order valence-electron chi connectivity index (χ3n) is 2.63. The van der Waals surface area contributed by atoms with Gasteiger partial charge < -0.3 is 11.1 Å². The van der Waals surface area contributed by atoms with Crippen LogP contribution in [0.15, 0.2) is 36.4 Å². The number of hydrogen-bond acceptors (Lipinski definition) is 2. The number of benzene rings is 2. The van der Waals surface area contributed by atoms with Crippen LogP contribution in [0.4, 0.5) is 11.4 Å². The van der Waals surface area contributed by atoms with Crippen molar-refractivity contribution in [2.45, 2.75) is 6.92 Å². The van der Waals surface area contributed by atoms with Crippen LogP contribution in [-0.2, 0) is 0 Å². The topological polar surface area (TPSA) is 55.1 Å². The number of rotatable bonds is 2. The highest BCUT2D eigenvalue weighted by atomic mass is 35.5. The van der Waals surface area contributed by atoms with Crippen molar-refractivity contribution in [1.82, 2.24) is 0 Å². The minimum Gasteiger partial charge on any atom is -0.398 e. The average molecular weight is 295 g/mol. The summed E-state index contributed by atoms with van der Waals surface area (Å²) in [5, 5.41) is 3.62. The molecular weight excluding hydrogens is 283 g/mol. The first-order valence-corrected chi connectivity index (χ1v) is 6.35. The fourth-order valence-electron chi connectivity index (χ4n) is 1.65. The average Bonchev–Trinajstić information content (AvgIpc) is 2.36. The Bertz CT molecular complexity index is 641. The van der Waals surface area contributed by atoms with E-state index in [9.17, 15) is 4.79 Å². The van der Waals surface area contributed by atoms with E-state index in [0.29, 0.717) is 27.0 Å². The van der Waals surface area contributed by atoms with Crippen molar-refractivity contribution in [2.24, 2.45) is 0 Å². The maximum absolute atomic E-state index is 12.2. The second kappa shape index (κ2) is 5.51. The largest absolute Gasteiger partial charge is 0.398 e. The molecule has 0 heterocycles. The van der Waals surface area contributed by atoms with Crippen molar-refractivity contribution in [1.29, 1.82) is 0 Å². The number of nitrogens with two attached hydrogens (primary N) is 1. The van der Waals surface area contributed by atoms with Crippen LogP contribution >= 0.6 is 23.2 Å². The maximum Gasteiger partial charge on any atom is 0.257 e. The Kier molecular flexibility index (Phi) is 3.98. The molecule has 2 aromatic carbocycles. The summed E-state index contributed by atoms with van der Waals surface area (Å²) in [7, 11) is 0. The van der Waals surface area contributed by atoms with Gasteiger partial charge in [0, 0.05) is 10.7 Å². The van der Waals surface area contributed by atoms with Gasteiger partial charge in [-0.15, -0.1) is 0 Å². The van der Waals surface area contributed by atoms with Gasteiger partial charge in [-0.05, 0) is 37.3 Å². The molecule has 0 saturated heterocycles. The summed E-state index contributed by atoms with van der Waals surface area (Å²) in [5.41, 5.74) is 8.04. The van der Waals surface area contributed by atoms with E-state index in [-0.39, 0.29) is 5.91 Å². The summed E-state index contributed by atoms with van der Waals surface area (Å²) < 4.78 is 0. The second-order valence-electron chi connectivity index (χ2n) is 4.17. The van der Waals surface area contributed by atoms with E-state index in [4.69, 9.17) is 28.9 Å². The van der Waals surface area contributed by atoms with Gasteiger partial charge in [-0.2, -0.15) is 0 Å². The predicted molar refractivity (Wildman–Crippen MR) is 80.0 cm³/mol. The molecule has 2 aromatic rings. The molecule has 0 aromatic heterocycles. The minimum atomic E-state index is -0.314. The lowest BCUT2D eigenvalue weighted by molar-refractivity contribution is 0.102. The number of nitrogens with one attached hydrogen (secondary N) is 1. The molecule has 0 fully saturated rings. The Morgan fingerprint density at radius 1 is 1.16 bits per heavy atom. The smallest absolute Gasteiger partial charge is 0.257 e. The van der Waals surface area contributed by atoms with Crippen LogP contribution in [0.2, 0.25) is 10.0 Å². The quantitative estimate of drug-likeness (QED) is 0.818. The van der Waals surface area contributed by atoms with Crippen LogP contribution in [0.1, 0.15) is 15.9 Å². The monoisotopic (exact) mass is 294 g/mol. The molecule has 0 radical (unpaired) electrons. The Morgan fingerprint density at radius 2 is 1.89 bits per heavy atom. The SMILES string of the molecule is Cc1ccc(N)c(C(=O)Nc2cc(Cl)ccc2Cl)c1. The van der Waals surface area contributed by atoms with Gasteiger partial charge >= 0.3 is 0 Å². The van der Waals surface area contributed by atoms with E-state index in [1.165, 1.54) is 0 Å². The lowest BCUT2D eigenvalue weighted by Crippen LogP contribution is -2.14. The standard InChI is InChI=1S/C14H12Cl2N2O/c1-8-2-5-12(17)10(6-8)14(19)18-13-7-9(15)3-4-11(13)16/h2-7H,17H2,1H3,(H,18,19). The van der Waals surface area contributed by atoms with Gasteiger partial charge in [-0.3, -0.25) is 4.79 Å². The highest BCUT2D eigenvalue weighted by Crippen LogP contribution is 2.26. The molecule has 3 nitrogen and oxygen atoms in total. The van der Waals surface area contributed by atoms with Crippen molar-refractivity contribution >= 4 is 40.5 Å². The number of carbonyl (C=O) groups excluding carboxylic acids is 1. The van der Waals surface area contributed by atoms with Crippen LogP contribution in [0.5, 0.6) is 0 Å². The van der Waals surface area contributed by atoms with E-state index < -0.39 is 0 Å². The fourth-order valence-corrected chi connectivity index (χ4v) is 1.99. The van der Waals surface area contributed by atoms with Crippen molar-refractivity contribution < 1.29 is 4.79 Å². The van der Waals surface area contributed by atoms with E-state index in [2.05, 4.69) is 5.32 Å². The Labute approximate surface area is 121 Å². The first kappa shape index (κ1) is 13.7. The Hall–Kier alpha value is -1.71. The number of carbonyl (C=O) groups is 1. The molecule has 3 N–H and O–H groups in total. The number of nitrogen functional groups attached to an aromatic ring is 1. The summed E-state index contributed by atoms with van der Waals surface area (Å²) in [6.07, 6.45) is 0. The summed E-state index contributed by atoms with van der Waals surface area (Å²) in [4.78, 5) is 12.2. The lowest BCUT2D eigenvalue weighted by atomic mass is 10.1. The third kappa shape index (κ3) is 3.19. The van der Waals surface area contributed by atoms with Gasteiger partial charge in [0.1, 0.15) is 0 Å². The van der Waals surface area contributed by atoms with Crippen molar-refractivity contribution in [3.05, 3.63) is 57.6 Å². The molecule has 0 aliphatic carbocycles. The number of aryl methyl sites for hydroxylation is 1. The van der Waals surface area contributed by atoms with Crippen LogP contribution < -0.4 is 11.1 Å². The van der Waals surface area contributed by atoms with Gasteiger partial charge in [0.15, 0.2) is 0 Å². The zero-order valence-electron chi connectivity index (χ0n) is 10.2. The molecule has 0 aliphatic rings. The van der Waals surface area contributed by atoms with Gasteiger partial charge in [0.05, 0.1) is 16.3 Å². The van der Waals surface area contributed by atoms with E-state index in [1.54, 1.807) is 30.3 Å². The first-order chi connectivity index (χ1) is 8.97. The normalized spacial score (nSPS) is 10.3. The van der Waals surface area contributed by atoms with E-state index >= 15 is 0 Å². The van der Waals surface area contributed by atoms with E-state index in [0.717, 1.165) is 5.56 Å². The highest BCUT2D eigenvalue weighted by molar-refractivity contribution is 6.36. The number of anilines is 2. The first-order valence-electron chi connectivity index (χ1n) is 5.60. The predicted octanol–water partition coefficient (Wildman–Crippen LogP) is 4.14. The molecule has 0 aliphatic heterocycles. The number of amides is 1. The molecule has 0 saturated carbocycles. The number of hydrogen-bond donors (Lipinski definition) is 2. The van der Waals surface area contributed by atoms with Gasteiger partial charge in [-0.25, -0.2) is 0 Å². The molecule has 98 valence electrons. The second-order valence-corrected chi connectivity index (χ2v) is 5.01. The van der Waals surface area contributed by atoms with Crippen molar-refractivity contribution in [3.8, 4) is 0 Å². The molecular formula is C14H12Cl2N2O. The zero-order chi connectivity index (χ0) is 14.0. The van der Waals surface area contributed by atoms with Gasteiger partial charge in [0.2, 0.25) is 0 Å². The maximum atomic E-state index is 12.2. The molecule has 1 amide bonds. The molecule has 0 bridgehead atoms. The molecule has 0 atom stereocenters. The summed E-state index contributed by atoms with van der Waals surface area (Å²) in [5.74, 6) is -0.314. The highest BCUT2D eigenvalue weighted by Gasteiger charge is 2.12.